The maximum Gasteiger partial charge on any atom is 0.295 e. The Balaban J connectivity index is 1.58. The quantitative estimate of drug-likeness (QED) is 0.130. The van der Waals surface area contributed by atoms with Crippen molar-refractivity contribution in [2.45, 2.75) is 58.6 Å². The molecule has 1 N–H and O–H groups in total. The number of nitrogens with zero attached hydrogens (tertiary/aromatic N) is 1. The molecule has 3 aromatic rings. The van der Waals surface area contributed by atoms with Gasteiger partial charge in [-0.05, 0) is 73.7 Å². The SMILES string of the molecule is CCCCOc1ccc([C@@H]2/C(=C(\O)c3ccc4c(c3)C[C@@H](C)O4)C(=O)C(=O)N2CCc2ccccc2)cc1OCC. The number of hydrogen-bond acceptors (Lipinski definition) is 6. The summed E-state index contributed by atoms with van der Waals surface area (Å²) in [7, 11) is 0. The van der Waals surface area contributed by atoms with Gasteiger partial charge in [0.05, 0.1) is 24.8 Å². The van der Waals surface area contributed by atoms with Crippen molar-refractivity contribution >= 4 is 17.4 Å². The molecule has 3 aromatic carbocycles. The number of likely N-dealkylation sites (tertiary alicyclic amines) is 1. The average molecular weight is 556 g/mol. The summed E-state index contributed by atoms with van der Waals surface area (Å²) in [6.45, 7) is 7.28. The summed E-state index contributed by atoms with van der Waals surface area (Å²) in [6, 6.07) is 19.9. The molecule has 0 unspecified atom stereocenters. The zero-order valence-electron chi connectivity index (χ0n) is 23.9. The van der Waals surface area contributed by atoms with E-state index in [1.54, 1.807) is 11.0 Å². The molecule has 5 rings (SSSR count). The van der Waals surface area contributed by atoms with Crippen LogP contribution in [-0.2, 0) is 22.4 Å². The van der Waals surface area contributed by atoms with Crippen molar-refractivity contribution in [1.82, 2.24) is 4.90 Å². The molecule has 0 saturated carbocycles. The Morgan fingerprint density at radius 2 is 1.80 bits per heavy atom. The number of aliphatic hydroxyl groups excluding tert-OH is 1. The monoisotopic (exact) mass is 555 g/mol. The minimum absolute atomic E-state index is 0.0426. The molecule has 1 fully saturated rings. The number of ketones is 1. The predicted molar refractivity (Wildman–Crippen MR) is 157 cm³/mol. The molecule has 2 aliphatic heterocycles. The van der Waals surface area contributed by atoms with E-state index in [1.165, 1.54) is 0 Å². The van der Waals surface area contributed by atoms with Crippen LogP contribution >= 0.6 is 0 Å². The number of rotatable bonds is 11. The first-order chi connectivity index (χ1) is 19.9. The molecule has 2 heterocycles. The molecular formula is C34H37NO6. The van der Waals surface area contributed by atoms with Gasteiger partial charge in [0.1, 0.15) is 17.6 Å². The molecule has 0 spiro atoms. The van der Waals surface area contributed by atoms with E-state index in [0.29, 0.717) is 55.2 Å². The second kappa shape index (κ2) is 12.5. The van der Waals surface area contributed by atoms with Crippen molar-refractivity contribution in [3.05, 3.63) is 94.6 Å². The number of carbonyl (C=O) groups is 2. The zero-order chi connectivity index (χ0) is 28.9. The van der Waals surface area contributed by atoms with Gasteiger partial charge in [0, 0.05) is 18.5 Å². The Morgan fingerprint density at radius 3 is 2.56 bits per heavy atom. The molecule has 1 amide bonds. The number of hydrogen-bond donors (Lipinski definition) is 1. The maximum absolute atomic E-state index is 13.6. The van der Waals surface area contributed by atoms with Crippen LogP contribution in [0.3, 0.4) is 0 Å². The summed E-state index contributed by atoms with van der Waals surface area (Å²) in [5.41, 5.74) is 3.23. The van der Waals surface area contributed by atoms with Crippen LogP contribution in [0.2, 0.25) is 0 Å². The summed E-state index contributed by atoms with van der Waals surface area (Å²) in [5.74, 6) is 0.392. The molecule has 214 valence electrons. The van der Waals surface area contributed by atoms with E-state index >= 15 is 0 Å². The second-order valence-corrected chi connectivity index (χ2v) is 10.5. The van der Waals surface area contributed by atoms with Gasteiger partial charge in [0.25, 0.3) is 11.7 Å². The van der Waals surface area contributed by atoms with Gasteiger partial charge in [-0.25, -0.2) is 0 Å². The molecule has 41 heavy (non-hydrogen) atoms. The normalized spacial score (nSPS) is 19.2. The van der Waals surface area contributed by atoms with E-state index in [-0.39, 0.29) is 17.4 Å². The van der Waals surface area contributed by atoms with Crippen molar-refractivity contribution in [2.24, 2.45) is 0 Å². The highest BCUT2D eigenvalue weighted by Gasteiger charge is 2.46. The third kappa shape index (κ3) is 5.94. The van der Waals surface area contributed by atoms with Gasteiger partial charge >= 0.3 is 0 Å². The number of amides is 1. The standard InChI is InChI=1S/C34H37NO6/c1-4-6-18-40-28-15-12-24(21-29(28)39-5-2)31-30(32(36)25-13-14-27-26(20-25)19-22(3)41-27)33(37)34(38)35(31)17-16-23-10-8-7-9-11-23/h7-15,20-22,31,36H,4-6,16-19H2,1-3H3/b32-30+/t22-,31-/m1/s1. The van der Waals surface area contributed by atoms with Gasteiger partial charge in [-0.15, -0.1) is 0 Å². The van der Waals surface area contributed by atoms with Crippen molar-refractivity contribution in [3.8, 4) is 17.2 Å². The van der Waals surface area contributed by atoms with Gasteiger partial charge in [0.2, 0.25) is 0 Å². The van der Waals surface area contributed by atoms with E-state index < -0.39 is 17.7 Å². The Hall–Kier alpha value is -4.26. The van der Waals surface area contributed by atoms with Gasteiger partial charge in [0.15, 0.2) is 11.5 Å². The topological polar surface area (TPSA) is 85.3 Å². The average Bonchev–Trinajstić information content (AvgIpc) is 3.48. The Morgan fingerprint density at radius 1 is 1.00 bits per heavy atom. The summed E-state index contributed by atoms with van der Waals surface area (Å²) in [4.78, 5) is 28.6. The molecule has 7 nitrogen and oxygen atoms in total. The van der Waals surface area contributed by atoms with Crippen LogP contribution in [0.4, 0.5) is 0 Å². The smallest absolute Gasteiger partial charge is 0.295 e. The lowest BCUT2D eigenvalue weighted by Gasteiger charge is -2.26. The molecule has 0 bridgehead atoms. The number of Topliss-reactive ketones (excluding diaryl/α,β-unsaturated/α-hetero) is 1. The minimum atomic E-state index is -0.786. The van der Waals surface area contributed by atoms with Crippen LogP contribution in [0.15, 0.2) is 72.3 Å². The lowest BCUT2D eigenvalue weighted by atomic mass is 9.94. The molecule has 0 aliphatic carbocycles. The summed E-state index contributed by atoms with van der Waals surface area (Å²) in [5, 5.41) is 11.6. The minimum Gasteiger partial charge on any atom is -0.507 e. The Labute approximate surface area is 241 Å². The van der Waals surface area contributed by atoms with Gasteiger partial charge < -0.3 is 24.2 Å². The summed E-state index contributed by atoms with van der Waals surface area (Å²) in [6.07, 6.45) is 3.24. The molecule has 0 radical (unpaired) electrons. The second-order valence-electron chi connectivity index (χ2n) is 10.5. The summed E-state index contributed by atoms with van der Waals surface area (Å²) < 4.78 is 17.7. The van der Waals surface area contributed by atoms with Gasteiger partial charge in [-0.1, -0.05) is 49.7 Å². The highest BCUT2D eigenvalue weighted by Crippen LogP contribution is 2.43. The molecule has 7 heteroatoms. The van der Waals surface area contributed by atoms with Crippen LogP contribution in [-0.4, -0.2) is 47.6 Å². The van der Waals surface area contributed by atoms with E-state index in [2.05, 4.69) is 6.92 Å². The Bertz CT molecular complexity index is 1450. The fourth-order valence-electron chi connectivity index (χ4n) is 5.49. The molecule has 1 saturated heterocycles. The lowest BCUT2D eigenvalue weighted by Crippen LogP contribution is -2.31. The maximum atomic E-state index is 13.6. The number of benzene rings is 3. The van der Waals surface area contributed by atoms with Crippen LogP contribution in [0.25, 0.3) is 5.76 Å². The predicted octanol–water partition coefficient (Wildman–Crippen LogP) is 6.25. The number of fused-ring (bicyclic) bond motifs is 1. The number of unbranched alkanes of at least 4 members (excludes halogenated alkanes) is 1. The van der Waals surface area contributed by atoms with E-state index in [9.17, 15) is 14.7 Å². The number of aliphatic hydroxyl groups is 1. The first kappa shape index (κ1) is 28.3. The van der Waals surface area contributed by atoms with Crippen molar-refractivity contribution in [3.63, 3.8) is 0 Å². The first-order valence-corrected chi connectivity index (χ1v) is 14.4. The molecular weight excluding hydrogens is 518 g/mol. The van der Waals surface area contributed by atoms with E-state index in [1.807, 2.05) is 74.5 Å². The third-order valence-electron chi connectivity index (χ3n) is 7.53. The highest BCUT2D eigenvalue weighted by atomic mass is 16.5. The lowest BCUT2D eigenvalue weighted by molar-refractivity contribution is -0.139. The van der Waals surface area contributed by atoms with Gasteiger partial charge in [-0.3, -0.25) is 9.59 Å². The third-order valence-corrected chi connectivity index (χ3v) is 7.53. The fraction of sp³-hybridized carbons (Fsp3) is 0.353. The van der Waals surface area contributed by atoms with Crippen molar-refractivity contribution in [2.75, 3.05) is 19.8 Å². The largest absolute Gasteiger partial charge is 0.507 e. The van der Waals surface area contributed by atoms with Crippen LogP contribution in [0, 0.1) is 0 Å². The number of carbonyl (C=O) groups excluding carboxylic acids is 2. The van der Waals surface area contributed by atoms with Crippen molar-refractivity contribution < 1.29 is 28.9 Å². The van der Waals surface area contributed by atoms with E-state index in [4.69, 9.17) is 14.2 Å². The molecule has 2 atom stereocenters. The highest BCUT2D eigenvalue weighted by molar-refractivity contribution is 6.46. The van der Waals surface area contributed by atoms with Crippen LogP contribution < -0.4 is 14.2 Å². The van der Waals surface area contributed by atoms with Crippen molar-refractivity contribution in [1.29, 1.82) is 0 Å². The zero-order valence-corrected chi connectivity index (χ0v) is 23.9. The fourth-order valence-corrected chi connectivity index (χ4v) is 5.49. The molecule has 0 aromatic heterocycles. The van der Waals surface area contributed by atoms with E-state index in [0.717, 1.165) is 29.7 Å². The van der Waals surface area contributed by atoms with Gasteiger partial charge in [-0.2, -0.15) is 0 Å². The Kier molecular flexibility index (Phi) is 8.62. The first-order valence-electron chi connectivity index (χ1n) is 14.4. The molecule has 2 aliphatic rings. The number of ether oxygens (including phenoxy) is 3. The van der Waals surface area contributed by atoms with Crippen LogP contribution in [0.1, 0.15) is 61.9 Å². The summed E-state index contributed by atoms with van der Waals surface area (Å²) >= 11 is 0. The van der Waals surface area contributed by atoms with Crippen LogP contribution in [0.5, 0.6) is 17.2 Å².